The van der Waals surface area contributed by atoms with E-state index in [1.165, 1.54) is 12.5 Å². The molecule has 6 rings (SSSR count). The summed E-state index contributed by atoms with van der Waals surface area (Å²) in [4.78, 5) is 77.2. The second kappa shape index (κ2) is 19.1. The second-order valence-electron chi connectivity index (χ2n) is 13.9. The van der Waals surface area contributed by atoms with Crippen LogP contribution in [-0.4, -0.2) is 83.2 Å². The molecular formula is C41H47N12O6+. The van der Waals surface area contributed by atoms with E-state index >= 15 is 0 Å². The van der Waals surface area contributed by atoms with Crippen molar-refractivity contribution < 1.29 is 33.0 Å². The molecule has 6 aromatic rings. The molecule has 18 nitrogen and oxygen atoms in total. The number of para-hydroxylation sites is 2. The van der Waals surface area contributed by atoms with Gasteiger partial charge < -0.3 is 53.2 Å². The largest absolute Gasteiger partial charge is 0.447 e. The Labute approximate surface area is 338 Å². The molecule has 3 heterocycles. The zero-order valence-corrected chi connectivity index (χ0v) is 32.4. The maximum Gasteiger partial charge on any atom is 0.261 e. The average molecular weight is 804 g/mol. The van der Waals surface area contributed by atoms with Gasteiger partial charge in [-0.05, 0) is 36.6 Å². The number of hydrogen-bond acceptors (Lipinski definition) is 9. The number of aromatic nitrogens is 3. The molecule has 0 spiro atoms. The lowest BCUT2D eigenvalue weighted by atomic mass is 10.0. The number of hydrogen-bond donors (Lipinski definition) is 9. The molecule has 0 fully saturated rings. The Bertz CT molecular complexity index is 2480. The second-order valence-corrected chi connectivity index (χ2v) is 13.9. The monoisotopic (exact) mass is 803 g/mol. The van der Waals surface area contributed by atoms with E-state index in [1.807, 2.05) is 61.6 Å². The van der Waals surface area contributed by atoms with Gasteiger partial charge in [0.25, 0.3) is 5.52 Å². The zero-order valence-electron chi connectivity index (χ0n) is 32.4. The summed E-state index contributed by atoms with van der Waals surface area (Å²) >= 11 is 0. The number of pyridine rings is 1. The number of primary amides is 1. The fourth-order valence-corrected chi connectivity index (χ4v) is 6.80. The number of benzene rings is 3. The van der Waals surface area contributed by atoms with Crippen molar-refractivity contribution in [3.8, 4) is 0 Å². The van der Waals surface area contributed by atoms with Crippen molar-refractivity contribution in [3.05, 3.63) is 103 Å². The lowest BCUT2D eigenvalue weighted by Crippen LogP contribution is -2.58. The van der Waals surface area contributed by atoms with Gasteiger partial charge in [0.05, 0.1) is 35.9 Å². The number of aromatic amines is 1. The van der Waals surface area contributed by atoms with Crippen molar-refractivity contribution in [2.75, 3.05) is 25.0 Å². The van der Waals surface area contributed by atoms with Crippen LogP contribution in [0.4, 0.5) is 5.69 Å². The van der Waals surface area contributed by atoms with E-state index in [0.29, 0.717) is 29.0 Å². The minimum atomic E-state index is -1.21. The number of anilines is 1. The lowest BCUT2D eigenvalue weighted by Gasteiger charge is -2.25. The van der Waals surface area contributed by atoms with Crippen LogP contribution in [0.1, 0.15) is 24.1 Å². The molecule has 18 heteroatoms. The molecule has 3 atom stereocenters. The first-order valence-corrected chi connectivity index (χ1v) is 19.0. The van der Waals surface area contributed by atoms with Gasteiger partial charge in [0, 0.05) is 37.3 Å². The summed E-state index contributed by atoms with van der Waals surface area (Å²) in [5.74, 6) is -3.39. The minimum absolute atomic E-state index is 0.0264. The van der Waals surface area contributed by atoms with E-state index in [0.717, 1.165) is 27.4 Å². The van der Waals surface area contributed by atoms with Gasteiger partial charge in [-0.2, -0.15) is 4.57 Å². The van der Waals surface area contributed by atoms with E-state index in [2.05, 4.69) is 46.1 Å². The highest BCUT2D eigenvalue weighted by atomic mass is 16.3. The summed E-state index contributed by atoms with van der Waals surface area (Å²) in [6.45, 7) is -0.416. The smallest absolute Gasteiger partial charge is 0.261 e. The number of fused-ring (bicyclic) bond motifs is 4. The molecule has 0 aliphatic rings. The molecule has 3 aromatic heterocycles. The van der Waals surface area contributed by atoms with Gasteiger partial charge >= 0.3 is 0 Å². The molecule has 0 unspecified atom stereocenters. The first kappa shape index (κ1) is 41.1. The lowest BCUT2D eigenvalue weighted by molar-refractivity contribution is -0.616. The van der Waals surface area contributed by atoms with Crippen molar-refractivity contribution in [1.29, 1.82) is 0 Å². The number of H-pyrrole nitrogens is 1. The number of rotatable bonds is 19. The molecule has 5 amide bonds. The molecule has 59 heavy (non-hydrogen) atoms. The summed E-state index contributed by atoms with van der Waals surface area (Å²) in [5, 5.41) is 15.7. The normalized spacial score (nSPS) is 12.6. The maximum atomic E-state index is 14.0. The van der Waals surface area contributed by atoms with Gasteiger partial charge in [-0.1, -0.05) is 54.6 Å². The van der Waals surface area contributed by atoms with Crippen molar-refractivity contribution in [2.45, 2.75) is 43.8 Å². The first-order valence-electron chi connectivity index (χ1n) is 19.0. The maximum absolute atomic E-state index is 14.0. The number of imidazole rings is 1. The van der Waals surface area contributed by atoms with Crippen molar-refractivity contribution in [3.63, 3.8) is 0 Å². The predicted molar refractivity (Wildman–Crippen MR) is 221 cm³/mol. The number of aryl methyl sites for hydroxylation is 1. The first-order chi connectivity index (χ1) is 28.5. The fourth-order valence-electron chi connectivity index (χ4n) is 6.80. The van der Waals surface area contributed by atoms with Gasteiger partial charge in [-0.3, -0.25) is 29.0 Å². The summed E-state index contributed by atoms with van der Waals surface area (Å²) in [5.41, 5.74) is 21.3. The molecule has 0 saturated carbocycles. The van der Waals surface area contributed by atoms with Crippen LogP contribution < -0.4 is 48.4 Å². The van der Waals surface area contributed by atoms with Crippen LogP contribution in [0.25, 0.3) is 33.0 Å². The van der Waals surface area contributed by atoms with Crippen LogP contribution in [0.3, 0.4) is 0 Å². The SMILES string of the molecule is C[n+]1c2ccccc2c(NCC(=O)NCC(=O)N[C@@H](Cc2ccccc2)C(=O)N[C@@H](Cc2cnc[nH]2)C(=O)N[C@@H](CCCN=C(N)N)C(N)=O)c2oc3ccccc3c21. The predicted octanol–water partition coefficient (Wildman–Crippen LogP) is 0.294. The number of nitrogens with one attached hydrogen (secondary N) is 6. The van der Waals surface area contributed by atoms with Crippen LogP contribution in [-0.2, 0) is 43.9 Å². The number of amides is 5. The molecule has 3 aromatic carbocycles. The Morgan fingerprint density at radius 2 is 1.47 bits per heavy atom. The number of furan rings is 1. The van der Waals surface area contributed by atoms with Gasteiger partial charge in [-0.25, -0.2) is 4.98 Å². The molecule has 0 aliphatic heterocycles. The van der Waals surface area contributed by atoms with Crippen molar-refractivity contribution in [2.24, 2.45) is 29.2 Å². The summed E-state index contributed by atoms with van der Waals surface area (Å²) in [7, 11) is 1.96. The third-order valence-corrected chi connectivity index (χ3v) is 9.69. The Kier molecular flexibility index (Phi) is 13.3. The Balaban J connectivity index is 1.13. The molecular weight excluding hydrogens is 757 g/mol. The van der Waals surface area contributed by atoms with Gasteiger partial charge in [-0.15, -0.1) is 0 Å². The highest BCUT2D eigenvalue weighted by Gasteiger charge is 2.30. The molecule has 0 radical (unpaired) electrons. The quantitative estimate of drug-likeness (QED) is 0.0234. The van der Waals surface area contributed by atoms with Crippen LogP contribution in [0.2, 0.25) is 0 Å². The van der Waals surface area contributed by atoms with Crippen molar-refractivity contribution >= 4 is 74.2 Å². The molecule has 0 aliphatic carbocycles. The molecule has 306 valence electrons. The van der Waals surface area contributed by atoms with Crippen LogP contribution in [0, 0.1) is 0 Å². The highest BCUT2D eigenvalue weighted by Crippen LogP contribution is 2.35. The Morgan fingerprint density at radius 1 is 0.797 bits per heavy atom. The average Bonchev–Trinajstić information content (AvgIpc) is 3.89. The molecule has 0 saturated heterocycles. The van der Waals surface area contributed by atoms with Crippen LogP contribution in [0.15, 0.2) is 101 Å². The number of aliphatic imine (C=N–C) groups is 1. The number of nitrogens with zero attached hydrogens (tertiary/aromatic N) is 3. The number of nitrogens with two attached hydrogens (primary N) is 3. The zero-order chi connectivity index (χ0) is 41.9. The third kappa shape index (κ3) is 10.5. The number of carbonyl (C=O) groups is 5. The van der Waals surface area contributed by atoms with Gasteiger partial charge in [0.15, 0.2) is 5.96 Å². The standard InChI is InChI=1S/C41H46N12O6/c1-53-31-15-7-5-12-26(31)35(37-36(53)27-13-6-8-16-32(27)59-37)48-21-33(54)47-22-34(55)50-29(18-24-10-3-2-4-11-24)39(57)52-30(19-25-20-45-23-49-25)40(58)51-28(38(42)56)14-9-17-46-41(43)44/h2-8,10-13,15-16,20,23,28-30H,9,14,17-19,21-22H2,1H3,(H11,42,43,44,45,46,47,49,50,51,52,54,55,56,57,58)/p+1/t28-,29-,30-/m0/s1. The fraction of sp³-hybridized carbons (Fsp3) is 0.268. The van der Waals surface area contributed by atoms with E-state index in [9.17, 15) is 24.0 Å². The van der Waals surface area contributed by atoms with Crippen LogP contribution >= 0.6 is 0 Å². The third-order valence-electron chi connectivity index (χ3n) is 9.69. The van der Waals surface area contributed by atoms with Gasteiger partial charge in [0.2, 0.25) is 40.6 Å². The van der Waals surface area contributed by atoms with Crippen molar-refractivity contribution in [1.82, 2.24) is 31.2 Å². The Morgan fingerprint density at radius 3 is 2.19 bits per heavy atom. The van der Waals surface area contributed by atoms with Crippen LogP contribution in [0.5, 0.6) is 0 Å². The topological polar surface area (TPSA) is 282 Å². The van der Waals surface area contributed by atoms with E-state index < -0.39 is 54.2 Å². The van der Waals surface area contributed by atoms with E-state index in [-0.39, 0.29) is 38.3 Å². The minimum Gasteiger partial charge on any atom is -0.447 e. The Hall–Kier alpha value is -7.50. The van der Waals surface area contributed by atoms with E-state index in [1.54, 1.807) is 24.3 Å². The summed E-state index contributed by atoms with van der Waals surface area (Å²) in [6.07, 6.45) is 3.43. The number of guanidine groups is 1. The van der Waals surface area contributed by atoms with E-state index in [4.69, 9.17) is 21.6 Å². The molecule has 0 bridgehead atoms. The molecule has 12 N–H and O–H groups in total. The summed E-state index contributed by atoms with van der Waals surface area (Å²) in [6, 6.07) is 21.0. The number of carbonyl (C=O) groups excluding carboxylic acids is 5. The van der Waals surface area contributed by atoms with Gasteiger partial charge in [0.1, 0.15) is 30.8 Å². The summed E-state index contributed by atoms with van der Waals surface area (Å²) < 4.78 is 8.32. The highest BCUT2D eigenvalue weighted by molar-refractivity contribution is 6.11.